The molecular weight excluding hydrogens is 625 g/mol. The predicted octanol–water partition coefficient (Wildman–Crippen LogP) is 10.7. The monoisotopic (exact) mass is 658 g/mol. The van der Waals surface area contributed by atoms with Gasteiger partial charge in [-0.3, -0.25) is 5.32 Å². The van der Waals surface area contributed by atoms with Crippen LogP contribution in [-0.4, -0.2) is 5.84 Å². The molecule has 5 nitrogen and oxygen atoms in total. The highest BCUT2D eigenvalue weighted by molar-refractivity contribution is 6.19. The molecular formula is C46H34N4O. The molecule has 0 fully saturated rings. The number of aliphatic imine (C=N–C) groups is 1. The largest absolute Gasteiger partial charge is 0.464 e. The molecule has 0 saturated carbocycles. The second-order valence-corrected chi connectivity index (χ2v) is 13.2. The number of fused-ring (bicyclic) bond motifs is 5. The maximum atomic E-state index is 6.46. The molecule has 8 aromatic rings. The van der Waals surface area contributed by atoms with E-state index in [-0.39, 0.29) is 18.6 Å². The van der Waals surface area contributed by atoms with Crippen LogP contribution < -0.4 is 20.7 Å². The minimum atomic E-state index is -0.285. The number of amidine groups is 1. The van der Waals surface area contributed by atoms with E-state index < -0.39 is 0 Å². The highest BCUT2D eigenvalue weighted by Crippen LogP contribution is 2.47. The van der Waals surface area contributed by atoms with Gasteiger partial charge in [0.05, 0.1) is 5.69 Å². The van der Waals surface area contributed by atoms with Crippen LogP contribution in [-0.2, 0) is 0 Å². The Labute approximate surface area is 296 Å². The van der Waals surface area contributed by atoms with E-state index in [1.54, 1.807) is 0 Å². The molecule has 8 aromatic carbocycles. The summed E-state index contributed by atoms with van der Waals surface area (Å²) in [6.07, 6.45) is -0.801. The van der Waals surface area contributed by atoms with Crippen molar-refractivity contribution in [1.29, 1.82) is 0 Å². The summed E-state index contributed by atoms with van der Waals surface area (Å²) in [6.45, 7) is 0. The molecule has 2 aliphatic heterocycles. The normalized spacial score (nSPS) is 18.1. The quantitative estimate of drug-likeness (QED) is 0.161. The molecule has 51 heavy (non-hydrogen) atoms. The molecule has 0 spiro atoms. The maximum Gasteiger partial charge on any atom is 0.197 e. The fraction of sp³-hybridized carbons (Fsp3) is 0.0652. The highest BCUT2D eigenvalue weighted by atomic mass is 16.5. The molecule has 5 heteroatoms. The first kappa shape index (κ1) is 29.5. The number of nitrogens with one attached hydrogen (secondary N) is 3. The molecule has 0 aromatic heterocycles. The Kier molecular flexibility index (Phi) is 7.03. The van der Waals surface area contributed by atoms with Gasteiger partial charge in [-0.2, -0.15) is 0 Å². The molecule has 0 aliphatic carbocycles. The molecule has 0 bridgehead atoms. The minimum absolute atomic E-state index is 0.253. The van der Waals surface area contributed by atoms with Gasteiger partial charge in [0.15, 0.2) is 6.23 Å². The summed E-state index contributed by atoms with van der Waals surface area (Å²) in [7, 11) is 0. The second-order valence-electron chi connectivity index (χ2n) is 13.2. The third kappa shape index (κ3) is 5.01. The van der Waals surface area contributed by atoms with E-state index in [2.05, 4.69) is 162 Å². The molecule has 0 radical (unpaired) electrons. The Morgan fingerprint density at radius 3 is 1.86 bits per heavy atom. The average molecular weight is 659 g/mol. The molecule has 2 aliphatic rings. The van der Waals surface area contributed by atoms with E-state index in [1.807, 2.05) is 24.3 Å². The second kappa shape index (κ2) is 12.2. The SMILES string of the molecule is c1ccc(C2=NC(c3ccccc3)NC(c3c(-c4ccc(C5Nc6ccccc6O5)c5ccccc45)c4ccccc4c4ccccc34)N2)cc1. The van der Waals surface area contributed by atoms with Gasteiger partial charge in [-0.1, -0.05) is 158 Å². The Morgan fingerprint density at radius 2 is 1.10 bits per heavy atom. The van der Waals surface area contributed by atoms with Crippen LogP contribution in [0.5, 0.6) is 5.75 Å². The summed E-state index contributed by atoms with van der Waals surface area (Å²) in [4.78, 5) is 5.24. The van der Waals surface area contributed by atoms with Gasteiger partial charge in [0.2, 0.25) is 0 Å². The van der Waals surface area contributed by atoms with Crippen molar-refractivity contribution in [3.05, 3.63) is 192 Å². The average Bonchev–Trinajstić information content (AvgIpc) is 3.65. The molecule has 2 heterocycles. The summed E-state index contributed by atoms with van der Waals surface area (Å²) in [5.41, 5.74) is 7.84. The lowest BCUT2D eigenvalue weighted by Crippen LogP contribution is -2.45. The number of hydrogen-bond donors (Lipinski definition) is 3. The van der Waals surface area contributed by atoms with Crippen molar-refractivity contribution < 1.29 is 4.74 Å². The van der Waals surface area contributed by atoms with Crippen LogP contribution in [0.1, 0.15) is 40.8 Å². The van der Waals surface area contributed by atoms with Crippen molar-refractivity contribution >= 4 is 43.8 Å². The van der Waals surface area contributed by atoms with Crippen LogP contribution in [0.4, 0.5) is 5.69 Å². The number of hydrogen-bond acceptors (Lipinski definition) is 5. The van der Waals surface area contributed by atoms with Crippen molar-refractivity contribution in [3.63, 3.8) is 0 Å². The zero-order valence-corrected chi connectivity index (χ0v) is 27.8. The van der Waals surface area contributed by atoms with E-state index in [1.165, 1.54) is 43.6 Å². The van der Waals surface area contributed by atoms with Crippen molar-refractivity contribution in [2.75, 3.05) is 5.32 Å². The maximum absolute atomic E-state index is 6.46. The van der Waals surface area contributed by atoms with Crippen molar-refractivity contribution in [2.45, 2.75) is 18.6 Å². The van der Waals surface area contributed by atoms with Gasteiger partial charge < -0.3 is 15.4 Å². The lowest BCUT2D eigenvalue weighted by Gasteiger charge is -2.34. The van der Waals surface area contributed by atoms with Gasteiger partial charge in [0.25, 0.3) is 0 Å². The van der Waals surface area contributed by atoms with Gasteiger partial charge in [-0.05, 0) is 61.1 Å². The van der Waals surface area contributed by atoms with Crippen LogP contribution in [0.3, 0.4) is 0 Å². The van der Waals surface area contributed by atoms with Crippen LogP contribution in [0, 0.1) is 0 Å². The zero-order chi connectivity index (χ0) is 33.7. The third-order valence-corrected chi connectivity index (χ3v) is 10.2. The lowest BCUT2D eigenvalue weighted by atomic mass is 9.84. The summed E-state index contributed by atoms with van der Waals surface area (Å²) in [5, 5.41) is 18.6. The van der Waals surface area contributed by atoms with Crippen LogP contribution in [0.2, 0.25) is 0 Å². The Bertz CT molecular complexity index is 2590. The van der Waals surface area contributed by atoms with Crippen LogP contribution >= 0.6 is 0 Å². The van der Waals surface area contributed by atoms with Crippen LogP contribution in [0.25, 0.3) is 43.4 Å². The van der Waals surface area contributed by atoms with E-state index in [4.69, 9.17) is 9.73 Å². The Hall–Kier alpha value is -6.43. The number of rotatable bonds is 5. The van der Waals surface area contributed by atoms with Gasteiger partial charge in [-0.25, -0.2) is 4.99 Å². The minimum Gasteiger partial charge on any atom is -0.464 e. The van der Waals surface area contributed by atoms with Crippen molar-refractivity contribution in [1.82, 2.24) is 10.6 Å². The number of para-hydroxylation sites is 2. The topological polar surface area (TPSA) is 57.7 Å². The van der Waals surface area contributed by atoms with Gasteiger partial charge in [0, 0.05) is 16.7 Å². The number of ether oxygens (including phenoxy) is 1. The van der Waals surface area contributed by atoms with E-state index >= 15 is 0 Å². The van der Waals surface area contributed by atoms with E-state index in [0.29, 0.717) is 0 Å². The van der Waals surface area contributed by atoms with Gasteiger partial charge >= 0.3 is 0 Å². The number of anilines is 1. The molecule has 3 N–H and O–H groups in total. The zero-order valence-electron chi connectivity index (χ0n) is 27.8. The van der Waals surface area contributed by atoms with Crippen molar-refractivity contribution in [3.8, 4) is 16.9 Å². The summed E-state index contributed by atoms with van der Waals surface area (Å²) in [5.74, 6) is 1.73. The number of nitrogens with zero attached hydrogens (tertiary/aromatic N) is 1. The first-order valence-corrected chi connectivity index (χ1v) is 17.5. The summed E-state index contributed by atoms with van der Waals surface area (Å²) >= 11 is 0. The predicted molar refractivity (Wildman–Crippen MR) is 209 cm³/mol. The number of benzene rings is 8. The lowest BCUT2D eigenvalue weighted by molar-refractivity contribution is 0.261. The van der Waals surface area contributed by atoms with Gasteiger partial charge in [0.1, 0.15) is 23.9 Å². The fourth-order valence-corrected chi connectivity index (χ4v) is 7.91. The first-order chi connectivity index (χ1) is 25.3. The summed E-state index contributed by atoms with van der Waals surface area (Å²) in [6, 6.07) is 59.9. The Balaban J connectivity index is 1.22. The highest BCUT2D eigenvalue weighted by Gasteiger charge is 2.31. The van der Waals surface area contributed by atoms with Gasteiger partial charge in [-0.15, -0.1) is 0 Å². The van der Waals surface area contributed by atoms with Crippen LogP contribution in [0.15, 0.2) is 175 Å². The molecule has 0 amide bonds. The standard InChI is InChI=1S/C46H34N4O/c1-3-15-29(16-4-1)43-48-44(30-17-5-2-6-18-30)50-45(49-43)42-36-24-12-10-20-32(36)31-19-9-11-23-35(31)41(42)37-27-28-38(34-22-8-7-21-33(34)37)46-47-39-25-13-14-26-40(39)51-46/h1-28,43,45-47,49H,(H,48,50). The first-order valence-electron chi connectivity index (χ1n) is 17.5. The molecule has 0 saturated heterocycles. The summed E-state index contributed by atoms with van der Waals surface area (Å²) < 4.78 is 6.46. The van der Waals surface area contributed by atoms with E-state index in [9.17, 15) is 0 Å². The smallest absolute Gasteiger partial charge is 0.197 e. The molecule has 3 atom stereocenters. The molecule has 10 rings (SSSR count). The van der Waals surface area contributed by atoms with Crippen molar-refractivity contribution in [2.24, 2.45) is 4.99 Å². The Morgan fingerprint density at radius 1 is 0.490 bits per heavy atom. The molecule has 244 valence electrons. The van der Waals surface area contributed by atoms with E-state index in [0.717, 1.165) is 39.3 Å². The third-order valence-electron chi connectivity index (χ3n) is 10.2. The fourth-order valence-electron chi connectivity index (χ4n) is 7.91. The molecule has 3 unspecified atom stereocenters.